The average molecular weight is 184 g/mol. The predicted octanol–water partition coefficient (Wildman–Crippen LogP) is 0.0359. The maximum absolute atomic E-state index is 5.26. The van der Waals surface area contributed by atoms with Gasteiger partial charge in [-0.3, -0.25) is 0 Å². The van der Waals surface area contributed by atoms with E-state index in [2.05, 4.69) is 16.8 Å². The number of allylic oxidation sites excluding steroid dienone is 1. The molecular formula is C11H8N2O. The first kappa shape index (κ1) is 7.38. The maximum Gasteiger partial charge on any atom is 0.192 e. The molecule has 0 radical (unpaired) electrons. The SMILES string of the molecule is C1=CC2=NNOC2=c2ccccc2=C1. The van der Waals surface area contributed by atoms with Gasteiger partial charge in [-0.15, -0.1) is 10.7 Å². The molecule has 3 rings (SSSR count). The van der Waals surface area contributed by atoms with Crippen LogP contribution in [0.25, 0.3) is 11.8 Å². The summed E-state index contributed by atoms with van der Waals surface area (Å²) in [5.74, 6) is 0.797. The van der Waals surface area contributed by atoms with Gasteiger partial charge in [0.15, 0.2) is 5.76 Å². The van der Waals surface area contributed by atoms with Crippen LogP contribution in [0, 0.1) is 0 Å². The summed E-state index contributed by atoms with van der Waals surface area (Å²) in [6.07, 6.45) is 5.95. The second-order valence-electron chi connectivity index (χ2n) is 3.13. The van der Waals surface area contributed by atoms with Crippen LogP contribution in [0.15, 0.2) is 41.5 Å². The molecule has 0 saturated carbocycles. The van der Waals surface area contributed by atoms with Gasteiger partial charge >= 0.3 is 0 Å². The first-order valence-electron chi connectivity index (χ1n) is 4.43. The summed E-state index contributed by atoms with van der Waals surface area (Å²) in [5.41, 5.74) is 3.36. The number of hydrazone groups is 1. The highest BCUT2D eigenvalue weighted by Crippen LogP contribution is 2.06. The van der Waals surface area contributed by atoms with Crippen LogP contribution in [-0.2, 0) is 4.84 Å². The number of rotatable bonds is 0. The van der Waals surface area contributed by atoms with Crippen LogP contribution in [0.1, 0.15) is 0 Å². The largest absolute Gasteiger partial charge is 0.362 e. The summed E-state index contributed by atoms with van der Waals surface area (Å²) in [5, 5.41) is 6.23. The van der Waals surface area contributed by atoms with Crippen molar-refractivity contribution >= 4 is 17.5 Å². The zero-order valence-electron chi connectivity index (χ0n) is 7.40. The second-order valence-corrected chi connectivity index (χ2v) is 3.13. The molecule has 0 amide bonds. The summed E-state index contributed by atoms with van der Waals surface area (Å²) in [7, 11) is 0. The number of nitrogens with zero attached hydrogens (tertiary/aromatic N) is 1. The van der Waals surface area contributed by atoms with E-state index >= 15 is 0 Å². The van der Waals surface area contributed by atoms with Crippen molar-refractivity contribution in [2.75, 3.05) is 0 Å². The van der Waals surface area contributed by atoms with Crippen molar-refractivity contribution in [1.29, 1.82) is 0 Å². The first-order valence-corrected chi connectivity index (χ1v) is 4.43. The fraction of sp³-hybridized carbons (Fsp3) is 0. The van der Waals surface area contributed by atoms with Gasteiger partial charge in [0.2, 0.25) is 0 Å². The van der Waals surface area contributed by atoms with Gasteiger partial charge in [0.25, 0.3) is 0 Å². The molecule has 2 aliphatic rings. The van der Waals surface area contributed by atoms with Gasteiger partial charge < -0.3 is 4.84 Å². The lowest BCUT2D eigenvalue weighted by molar-refractivity contribution is 0.183. The number of benzene rings is 1. The Bertz CT molecular complexity index is 555. The smallest absolute Gasteiger partial charge is 0.192 e. The van der Waals surface area contributed by atoms with Crippen molar-refractivity contribution in [1.82, 2.24) is 5.59 Å². The molecule has 1 aromatic rings. The molecule has 14 heavy (non-hydrogen) atoms. The molecule has 0 spiro atoms. The number of nitrogens with one attached hydrogen (secondary N) is 1. The molecule has 1 heterocycles. The lowest BCUT2D eigenvalue weighted by atomic mass is 10.2. The standard InChI is InChI=1S/C11H8N2O/c1-2-6-9-8(4-1)5-3-7-10-11(9)14-13-12-10/h1-7,13H. The van der Waals surface area contributed by atoms with Gasteiger partial charge in [0, 0.05) is 5.22 Å². The third kappa shape index (κ3) is 0.956. The monoisotopic (exact) mass is 184 g/mol. The van der Waals surface area contributed by atoms with E-state index in [0.29, 0.717) is 0 Å². The predicted molar refractivity (Wildman–Crippen MR) is 54.4 cm³/mol. The third-order valence-electron chi connectivity index (χ3n) is 2.28. The van der Waals surface area contributed by atoms with Crippen LogP contribution in [0.4, 0.5) is 0 Å². The average Bonchev–Trinajstić information content (AvgIpc) is 2.61. The zero-order valence-corrected chi connectivity index (χ0v) is 7.40. The van der Waals surface area contributed by atoms with Gasteiger partial charge in [-0.1, -0.05) is 36.4 Å². The minimum atomic E-state index is 0.797. The normalized spacial score (nSPS) is 16.9. The van der Waals surface area contributed by atoms with E-state index in [1.807, 2.05) is 36.4 Å². The van der Waals surface area contributed by atoms with Gasteiger partial charge in [-0.2, -0.15) is 0 Å². The van der Waals surface area contributed by atoms with Gasteiger partial charge in [0.05, 0.1) is 0 Å². The van der Waals surface area contributed by atoms with Crippen LogP contribution in [0.3, 0.4) is 0 Å². The Morgan fingerprint density at radius 1 is 1.21 bits per heavy atom. The van der Waals surface area contributed by atoms with E-state index in [1.54, 1.807) is 0 Å². The van der Waals surface area contributed by atoms with E-state index in [4.69, 9.17) is 4.84 Å². The summed E-state index contributed by atoms with van der Waals surface area (Å²) in [4.78, 5) is 5.26. The molecular weight excluding hydrogens is 176 g/mol. The lowest BCUT2D eigenvalue weighted by Gasteiger charge is -1.96. The van der Waals surface area contributed by atoms with Crippen molar-refractivity contribution in [2.24, 2.45) is 5.10 Å². The molecule has 1 aliphatic carbocycles. The summed E-state index contributed by atoms with van der Waals surface area (Å²) in [6.45, 7) is 0. The van der Waals surface area contributed by atoms with Crippen molar-refractivity contribution < 1.29 is 4.84 Å². The Kier molecular flexibility index (Phi) is 1.44. The van der Waals surface area contributed by atoms with Crippen molar-refractivity contribution in [2.45, 2.75) is 0 Å². The molecule has 0 aromatic heterocycles. The lowest BCUT2D eigenvalue weighted by Crippen LogP contribution is -2.27. The minimum absolute atomic E-state index is 0.797. The van der Waals surface area contributed by atoms with E-state index in [-0.39, 0.29) is 0 Å². The Labute approximate surface area is 80.7 Å². The van der Waals surface area contributed by atoms with Crippen molar-refractivity contribution in [3.63, 3.8) is 0 Å². The third-order valence-corrected chi connectivity index (χ3v) is 2.28. The summed E-state index contributed by atoms with van der Waals surface area (Å²) >= 11 is 0. The Balaban J connectivity index is 2.48. The Hall–Kier alpha value is -2.03. The molecule has 0 saturated heterocycles. The van der Waals surface area contributed by atoms with Crippen LogP contribution in [0.2, 0.25) is 0 Å². The van der Waals surface area contributed by atoms with Crippen LogP contribution >= 0.6 is 0 Å². The van der Waals surface area contributed by atoms with Crippen LogP contribution in [0.5, 0.6) is 0 Å². The molecule has 1 N–H and O–H groups in total. The summed E-state index contributed by atoms with van der Waals surface area (Å²) in [6, 6.07) is 8.08. The van der Waals surface area contributed by atoms with Gasteiger partial charge in [0.1, 0.15) is 5.71 Å². The molecule has 1 aromatic carbocycles. The molecule has 0 atom stereocenters. The maximum atomic E-state index is 5.26. The van der Waals surface area contributed by atoms with Crippen LogP contribution in [-0.4, -0.2) is 5.71 Å². The van der Waals surface area contributed by atoms with Gasteiger partial charge in [-0.05, 0) is 11.3 Å². The quantitative estimate of drug-likeness (QED) is 0.617. The molecule has 1 aliphatic heterocycles. The molecule has 3 heteroatoms. The molecule has 68 valence electrons. The van der Waals surface area contributed by atoms with E-state index in [9.17, 15) is 0 Å². The topological polar surface area (TPSA) is 33.6 Å². The van der Waals surface area contributed by atoms with Crippen molar-refractivity contribution in [3.8, 4) is 0 Å². The number of hydrogen-bond acceptors (Lipinski definition) is 3. The molecule has 0 fully saturated rings. The number of hydrogen-bond donors (Lipinski definition) is 1. The number of fused-ring (bicyclic) bond motifs is 2. The summed E-state index contributed by atoms with van der Waals surface area (Å²) < 4.78 is 0. The van der Waals surface area contributed by atoms with Gasteiger partial charge in [-0.25, -0.2) is 0 Å². The molecule has 0 bridgehead atoms. The highest BCUT2D eigenvalue weighted by molar-refractivity contribution is 6.23. The zero-order chi connectivity index (χ0) is 9.38. The Morgan fingerprint density at radius 2 is 2.14 bits per heavy atom. The minimum Gasteiger partial charge on any atom is -0.362 e. The highest BCUT2D eigenvalue weighted by atomic mass is 16.7. The van der Waals surface area contributed by atoms with E-state index < -0.39 is 0 Å². The second kappa shape index (κ2) is 2.73. The highest BCUT2D eigenvalue weighted by Gasteiger charge is 2.14. The molecule has 3 nitrogen and oxygen atoms in total. The first-order chi connectivity index (χ1) is 6.95. The fourth-order valence-corrected chi connectivity index (χ4v) is 1.62. The van der Waals surface area contributed by atoms with E-state index in [1.165, 1.54) is 0 Å². The van der Waals surface area contributed by atoms with E-state index in [0.717, 1.165) is 21.9 Å². The fourth-order valence-electron chi connectivity index (χ4n) is 1.62. The molecule has 0 unspecified atom stereocenters. The van der Waals surface area contributed by atoms with Crippen LogP contribution < -0.4 is 16.0 Å². The van der Waals surface area contributed by atoms with Crippen molar-refractivity contribution in [3.05, 3.63) is 46.9 Å². The Morgan fingerprint density at radius 3 is 3.14 bits per heavy atom.